The number of benzene rings is 3. The second-order valence-corrected chi connectivity index (χ2v) is 18.0. The van der Waals surface area contributed by atoms with Crippen molar-refractivity contribution in [3.63, 3.8) is 0 Å². The smallest absolute Gasteiger partial charge is 0.309 e. The number of Topliss-reactive ketones (excluding diaryl/α,β-unsaturated/α-hetero) is 1. The zero-order chi connectivity index (χ0) is 38.1. The number of ketones is 1. The van der Waals surface area contributed by atoms with Gasteiger partial charge in [-0.15, -0.1) is 0 Å². The van der Waals surface area contributed by atoms with Crippen LogP contribution in [0, 0.1) is 40.9 Å². The summed E-state index contributed by atoms with van der Waals surface area (Å²) in [4.78, 5) is 27.9. The molecule has 0 heterocycles. The molecule has 54 heavy (non-hydrogen) atoms. The van der Waals surface area contributed by atoms with Crippen LogP contribution >= 0.6 is 0 Å². The fourth-order valence-corrected chi connectivity index (χ4v) is 11.7. The first-order valence-electron chi connectivity index (χ1n) is 20.2. The van der Waals surface area contributed by atoms with E-state index < -0.39 is 39.7 Å². The van der Waals surface area contributed by atoms with E-state index in [0.29, 0.717) is 17.9 Å². The highest BCUT2D eigenvalue weighted by Crippen LogP contribution is 2.76. The van der Waals surface area contributed by atoms with Crippen molar-refractivity contribution in [2.45, 2.75) is 102 Å². The lowest BCUT2D eigenvalue weighted by Gasteiger charge is -2.50. The van der Waals surface area contributed by atoms with Crippen LogP contribution in [-0.4, -0.2) is 45.4 Å². The Bertz CT molecular complexity index is 1850. The molecule has 5 aliphatic rings. The molecule has 0 spiro atoms. The molecule has 0 aliphatic heterocycles. The Morgan fingerprint density at radius 3 is 1.94 bits per heavy atom. The molecule has 6 nitrogen and oxygen atoms in total. The van der Waals surface area contributed by atoms with Crippen molar-refractivity contribution in [3.8, 4) is 0 Å². The summed E-state index contributed by atoms with van der Waals surface area (Å²) in [6.45, 7) is 10.1. The van der Waals surface area contributed by atoms with Crippen molar-refractivity contribution in [3.05, 3.63) is 131 Å². The fourth-order valence-electron chi connectivity index (χ4n) is 11.7. The van der Waals surface area contributed by atoms with Crippen molar-refractivity contribution in [1.82, 2.24) is 0 Å². The van der Waals surface area contributed by atoms with Gasteiger partial charge in [-0.1, -0.05) is 157 Å². The number of aliphatic hydroxyl groups is 2. The number of esters is 1. The lowest BCUT2D eigenvalue weighted by molar-refractivity contribution is -0.189. The van der Waals surface area contributed by atoms with Crippen LogP contribution in [0.2, 0.25) is 0 Å². The van der Waals surface area contributed by atoms with Gasteiger partial charge in [0.2, 0.25) is 0 Å². The van der Waals surface area contributed by atoms with E-state index >= 15 is 0 Å². The molecule has 284 valence electrons. The number of hydrogen-bond donors (Lipinski definition) is 2. The van der Waals surface area contributed by atoms with Gasteiger partial charge in [-0.3, -0.25) is 9.59 Å². The highest BCUT2D eigenvalue weighted by atomic mass is 16.6. The molecule has 3 aromatic rings. The lowest BCUT2D eigenvalue weighted by atomic mass is 9.60. The normalized spacial score (nSPS) is 33.4. The molecule has 2 N–H and O–H groups in total. The number of hydrogen-bond acceptors (Lipinski definition) is 6. The summed E-state index contributed by atoms with van der Waals surface area (Å²) in [5.41, 5.74) is -1.44. The third-order valence-electron chi connectivity index (χ3n) is 14.5. The largest absolute Gasteiger partial charge is 0.458 e. The average Bonchev–Trinajstić information content (AvgIpc) is 3.46. The maximum atomic E-state index is 14.0. The minimum absolute atomic E-state index is 0.0304. The van der Waals surface area contributed by atoms with Crippen molar-refractivity contribution >= 4 is 11.8 Å². The van der Waals surface area contributed by atoms with Crippen molar-refractivity contribution in [1.29, 1.82) is 0 Å². The summed E-state index contributed by atoms with van der Waals surface area (Å²) in [5.74, 6) is -2.04. The van der Waals surface area contributed by atoms with E-state index in [4.69, 9.17) is 9.47 Å². The standard InChI is InChI=1S/C48H56O6/c1-31-26-40-45(51,42(31)49)29-35(30-53-48(36-19-9-6-10-20-36,37-21-11-7-12-22-37)38-23-13-8-14-24-38)27-39-41-44(4,5)46(41,28-33(3)47(39,40)52)54-43(50)32(2)25-34-17-15-16-18-34/h6-14,19-24,26-27,32-34,39-41,51-52H,15-18,25,28-30H2,1-5H3/t32-,33+,39-,40?,41+,45+,46-,47+/m0/s1. The second-order valence-electron chi connectivity index (χ2n) is 18.0. The van der Waals surface area contributed by atoms with E-state index in [0.717, 1.165) is 28.7 Å². The van der Waals surface area contributed by atoms with Crippen LogP contribution in [0.15, 0.2) is 114 Å². The maximum Gasteiger partial charge on any atom is 0.309 e. The summed E-state index contributed by atoms with van der Waals surface area (Å²) in [6, 6.07) is 30.5. The Kier molecular flexibility index (Phi) is 9.22. The van der Waals surface area contributed by atoms with E-state index in [2.05, 4.69) is 56.3 Å². The van der Waals surface area contributed by atoms with Gasteiger partial charge < -0.3 is 19.7 Å². The Balaban J connectivity index is 1.21. The van der Waals surface area contributed by atoms with Gasteiger partial charge in [-0.05, 0) is 59.4 Å². The van der Waals surface area contributed by atoms with Crippen LogP contribution in [0.1, 0.15) is 96.3 Å². The Morgan fingerprint density at radius 2 is 1.41 bits per heavy atom. The van der Waals surface area contributed by atoms with E-state index in [1.54, 1.807) is 6.92 Å². The maximum absolute atomic E-state index is 14.0. The van der Waals surface area contributed by atoms with Gasteiger partial charge >= 0.3 is 5.97 Å². The van der Waals surface area contributed by atoms with Crippen molar-refractivity contribution < 1.29 is 29.3 Å². The molecule has 0 amide bonds. The number of carbonyl (C=O) groups excluding carboxylic acids is 2. The average molecular weight is 729 g/mol. The van der Waals surface area contributed by atoms with Crippen molar-refractivity contribution in [2.24, 2.45) is 40.9 Å². The summed E-state index contributed by atoms with van der Waals surface area (Å²) in [7, 11) is 0. The van der Waals surface area contributed by atoms with Gasteiger partial charge in [0, 0.05) is 29.6 Å². The summed E-state index contributed by atoms with van der Waals surface area (Å²) in [6.07, 6.45) is 10.1. The van der Waals surface area contributed by atoms with Crippen molar-refractivity contribution in [2.75, 3.05) is 6.61 Å². The van der Waals surface area contributed by atoms with Crippen LogP contribution < -0.4 is 0 Å². The molecule has 3 fully saturated rings. The van der Waals surface area contributed by atoms with Crippen LogP contribution in [0.4, 0.5) is 0 Å². The zero-order valence-electron chi connectivity index (χ0n) is 32.5. The van der Waals surface area contributed by atoms with E-state index in [1.807, 2.05) is 74.5 Å². The van der Waals surface area contributed by atoms with Crippen LogP contribution in [0.25, 0.3) is 0 Å². The molecule has 8 rings (SSSR count). The predicted molar refractivity (Wildman–Crippen MR) is 209 cm³/mol. The molecule has 3 aromatic carbocycles. The third kappa shape index (κ3) is 5.53. The number of rotatable bonds is 10. The molecule has 0 aromatic heterocycles. The zero-order valence-corrected chi connectivity index (χ0v) is 32.5. The van der Waals surface area contributed by atoms with Crippen LogP contribution in [0.3, 0.4) is 0 Å². The highest BCUT2D eigenvalue weighted by Gasteiger charge is 2.83. The lowest BCUT2D eigenvalue weighted by Crippen LogP contribution is -2.61. The number of ether oxygens (including phenoxy) is 2. The first kappa shape index (κ1) is 37.1. The second kappa shape index (κ2) is 13.4. The molecule has 3 saturated carbocycles. The quantitative estimate of drug-likeness (QED) is 0.123. The van der Waals surface area contributed by atoms with Crippen LogP contribution in [-0.2, 0) is 24.7 Å². The molecule has 0 radical (unpaired) electrons. The number of carbonyl (C=O) groups is 2. The molecule has 0 bridgehead atoms. The van der Waals surface area contributed by atoms with Crippen LogP contribution in [0.5, 0.6) is 0 Å². The molecule has 5 aliphatic carbocycles. The predicted octanol–water partition coefficient (Wildman–Crippen LogP) is 8.74. The summed E-state index contributed by atoms with van der Waals surface area (Å²) in [5, 5.41) is 25.8. The number of fused-ring (bicyclic) bond motifs is 5. The van der Waals surface area contributed by atoms with Gasteiger partial charge in [-0.25, -0.2) is 0 Å². The van der Waals surface area contributed by atoms with Gasteiger partial charge in [0.1, 0.15) is 16.8 Å². The minimum atomic E-state index is -1.84. The first-order chi connectivity index (χ1) is 25.8. The molecule has 1 unspecified atom stereocenters. The molecule has 8 atom stereocenters. The van der Waals surface area contributed by atoms with Gasteiger partial charge in [0.15, 0.2) is 5.78 Å². The minimum Gasteiger partial charge on any atom is -0.458 e. The Morgan fingerprint density at radius 1 is 0.870 bits per heavy atom. The van der Waals surface area contributed by atoms with E-state index in [1.165, 1.54) is 25.7 Å². The molecule has 0 saturated heterocycles. The van der Waals surface area contributed by atoms with E-state index in [-0.39, 0.29) is 42.5 Å². The fraction of sp³-hybridized carbons (Fsp3) is 0.500. The van der Waals surface area contributed by atoms with E-state index in [9.17, 15) is 19.8 Å². The first-order valence-corrected chi connectivity index (χ1v) is 20.2. The topological polar surface area (TPSA) is 93.1 Å². The highest BCUT2D eigenvalue weighted by molar-refractivity contribution is 6.04. The summed E-state index contributed by atoms with van der Waals surface area (Å²) < 4.78 is 14.0. The molecular formula is C48H56O6. The third-order valence-corrected chi connectivity index (χ3v) is 14.5. The monoisotopic (exact) mass is 728 g/mol. The summed E-state index contributed by atoms with van der Waals surface area (Å²) >= 11 is 0. The molecular weight excluding hydrogens is 673 g/mol. The Hall–Kier alpha value is -3.84. The SMILES string of the molecule is CC1=CC2[C@@]3(O)[C@H](C)C[C@]4(OC(=O)[C@@H](C)CC5CCCC5)[C@H]([C@@H]3C=C(COC(c3ccccc3)(c3ccccc3)c3ccccc3)C[C@]2(O)C1=O)C4(C)C. The molecule has 6 heteroatoms. The van der Waals surface area contributed by atoms with Gasteiger partial charge in [0.05, 0.1) is 18.1 Å². The Labute approximate surface area is 320 Å². The van der Waals surface area contributed by atoms with Gasteiger partial charge in [-0.2, -0.15) is 0 Å². The van der Waals surface area contributed by atoms with Gasteiger partial charge in [0.25, 0.3) is 0 Å².